The van der Waals surface area contributed by atoms with Gasteiger partial charge >= 0.3 is 0 Å². The Bertz CT molecular complexity index is 214. The highest BCUT2D eigenvalue weighted by Gasteiger charge is 1.98. The van der Waals surface area contributed by atoms with Gasteiger partial charge in [0.15, 0.2) is 0 Å². The molecule has 3 N–H and O–H groups in total. The SMILES string of the molecule is C[C@@H](O)CNCCCNS(C)(=O)=O. The van der Waals surface area contributed by atoms with E-state index in [1.807, 2.05) is 0 Å². The Hall–Kier alpha value is -0.170. The minimum absolute atomic E-state index is 0.358. The molecular weight excluding hydrogens is 192 g/mol. The molecule has 0 aliphatic carbocycles. The summed E-state index contributed by atoms with van der Waals surface area (Å²) in [6.07, 6.45) is 1.50. The van der Waals surface area contributed by atoms with Gasteiger partial charge in [-0.1, -0.05) is 0 Å². The Morgan fingerprint density at radius 2 is 2.00 bits per heavy atom. The van der Waals surface area contributed by atoms with Gasteiger partial charge in [-0.25, -0.2) is 13.1 Å². The number of hydrogen-bond donors (Lipinski definition) is 3. The van der Waals surface area contributed by atoms with Crippen LogP contribution in [-0.4, -0.2) is 45.5 Å². The maximum Gasteiger partial charge on any atom is 0.208 e. The van der Waals surface area contributed by atoms with Crippen molar-refractivity contribution in [3.63, 3.8) is 0 Å². The summed E-state index contributed by atoms with van der Waals surface area (Å²) in [4.78, 5) is 0. The highest BCUT2D eigenvalue weighted by Crippen LogP contribution is 1.79. The molecule has 0 bridgehead atoms. The largest absolute Gasteiger partial charge is 0.392 e. The second-order valence-corrected chi connectivity index (χ2v) is 4.91. The number of rotatable bonds is 7. The first kappa shape index (κ1) is 12.8. The minimum atomic E-state index is -3.05. The Labute approximate surface area is 79.6 Å². The summed E-state index contributed by atoms with van der Waals surface area (Å²) in [6, 6.07) is 0. The maximum atomic E-state index is 10.6. The zero-order valence-corrected chi connectivity index (χ0v) is 8.89. The van der Waals surface area contributed by atoms with Crippen LogP contribution in [0, 0.1) is 0 Å². The predicted molar refractivity (Wildman–Crippen MR) is 52.0 cm³/mol. The van der Waals surface area contributed by atoms with Crippen LogP contribution in [0.4, 0.5) is 0 Å². The summed E-state index contributed by atoms with van der Waals surface area (Å²) in [6.45, 7) is 3.37. The van der Waals surface area contributed by atoms with Crippen molar-refractivity contribution in [3.05, 3.63) is 0 Å². The van der Waals surface area contributed by atoms with E-state index in [2.05, 4.69) is 10.0 Å². The monoisotopic (exact) mass is 210 g/mol. The molecule has 0 saturated carbocycles. The van der Waals surface area contributed by atoms with Crippen LogP contribution in [0.2, 0.25) is 0 Å². The molecule has 80 valence electrons. The third-order valence-electron chi connectivity index (χ3n) is 1.33. The molecule has 0 aromatic heterocycles. The molecule has 0 fully saturated rings. The fraction of sp³-hybridized carbons (Fsp3) is 1.00. The van der Waals surface area contributed by atoms with Gasteiger partial charge in [0.1, 0.15) is 0 Å². The van der Waals surface area contributed by atoms with Crippen molar-refractivity contribution < 1.29 is 13.5 Å². The van der Waals surface area contributed by atoms with Gasteiger partial charge in [-0.3, -0.25) is 0 Å². The maximum absolute atomic E-state index is 10.6. The number of nitrogens with one attached hydrogen (secondary N) is 2. The molecule has 0 aromatic carbocycles. The van der Waals surface area contributed by atoms with Gasteiger partial charge in [-0.05, 0) is 19.9 Å². The van der Waals surface area contributed by atoms with Gasteiger partial charge in [0, 0.05) is 13.1 Å². The molecule has 0 radical (unpaired) electrons. The molecule has 13 heavy (non-hydrogen) atoms. The van der Waals surface area contributed by atoms with Crippen LogP contribution in [0.15, 0.2) is 0 Å². The molecular formula is C7H18N2O3S. The van der Waals surface area contributed by atoms with E-state index in [1.54, 1.807) is 6.92 Å². The van der Waals surface area contributed by atoms with Crippen molar-refractivity contribution >= 4 is 10.0 Å². The highest BCUT2D eigenvalue weighted by molar-refractivity contribution is 7.88. The fourth-order valence-corrected chi connectivity index (χ4v) is 1.30. The first-order chi connectivity index (χ1) is 5.92. The first-order valence-electron chi connectivity index (χ1n) is 4.25. The quantitative estimate of drug-likeness (QED) is 0.466. The van der Waals surface area contributed by atoms with E-state index in [4.69, 9.17) is 5.11 Å². The number of sulfonamides is 1. The minimum Gasteiger partial charge on any atom is -0.392 e. The van der Waals surface area contributed by atoms with E-state index in [0.717, 1.165) is 12.7 Å². The summed E-state index contributed by atoms with van der Waals surface area (Å²) in [5.74, 6) is 0. The molecule has 5 nitrogen and oxygen atoms in total. The molecule has 0 unspecified atom stereocenters. The third kappa shape index (κ3) is 11.8. The van der Waals surface area contributed by atoms with E-state index in [0.29, 0.717) is 19.6 Å². The smallest absolute Gasteiger partial charge is 0.208 e. The van der Waals surface area contributed by atoms with Crippen LogP contribution in [0.3, 0.4) is 0 Å². The lowest BCUT2D eigenvalue weighted by atomic mass is 10.4. The van der Waals surface area contributed by atoms with Gasteiger partial charge in [0.25, 0.3) is 0 Å². The van der Waals surface area contributed by atoms with Crippen molar-refractivity contribution in [2.75, 3.05) is 25.9 Å². The Morgan fingerprint density at radius 3 is 2.46 bits per heavy atom. The van der Waals surface area contributed by atoms with Crippen molar-refractivity contribution in [3.8, 4) is 0 Å². The Kier molecular flexibility index (Phi) is 6.23. The van der Waals surface area contributed by atoms with Crippen LogP contribution in [0.5, 0.6) is 0 Å². The van der Waals surface area contributed by atoms with Crippen LogP contribution in [0.25, 0.3) is 0 Å². The molecule has 0 aliphatic rings. The molecule has 0 aliphatic heterocycles. The first-order valence-corrected chi connectivity index (χ1v) is 6.14. The summed E-state index contributed by atoms with van der Waals surface area (Å²) in [7, 11) is -3.05. The van der Waals surface area contributed by atoms with E-state index >= 15 is 0 Å². The Morgan fingerprint density at radius 1 is 1.38 bits per heavy atom. The number of aliphatic hydroxyl groups excluding tert-OH is 1. The van der Waals surface area contributed by atoms with Crippen LogP contribution >= 0.6 is 0 Å². The number of hydrogen-bond acceptors (Lipinski definition) is 4. The lowest BCUT2D eigenvalue weighted by Crippen LogP contribution is -2.29. The second kappa shape index (κ2) is 6.31. The third-order valence-corrected chi connectivity index (χ3v) is 2.06. The van der Waals surface area contributed by atoms with E-state index in [1.165, 1.54) is 0 Å². The van der Waals surface area contributed by atoms with Gasteiger partial charge in [-0.2, -0.15) is 0 Å². The van der Waals surface area contributed by atoms with E-state index in [9.17, 15) is 8.42 Å². The number of aliphatic hydroxyl groups is 1. The van der Waals surface area contributed by atoms with Gasteiger partial charge in [0.05, 0.1) is 12.4 Å². The topological polar surface area (TPSA) is 78.4 Å². The highest BCUT2D eigenvalue weighted by atomic mass is 32.2. The molecule has 0 heterocycles. The van der Waals surface area contributed by atoms with Crippen molar-refractivity contribution in [2.24, 2.45) is 0 Å². The molecule has 0 rings (SSSR count). The summed E-state index contributed by atoms with van der Waals surface area (Å²) < 4.78 is 23.6. The molecule has 6 heteroatoms. The van der Waals surface area contributed by atoms with Crippen molar-refractivity contribution in [2.45, 2.75) is 19.4 Å². The van der Waals surface area contributed by atoms with Crippen LogP contribution in [0.1, 0.15) is 13.3 Å². The average Bonchev–Trinajstić information content (AvgIpc) is 1.93. The van der Waals surface area contributed by atoms with Crippen molar-refractivity contribution in [1.29, 1.82) is 0 Å². The van der Waals surface area contributed by atoms with Gasteiger partial charge in [-0.15, -0.1) is 0 Å². The summed E-state index contributed by atoms with van der Waals surface area (Å²) in [5, 5.41) is 11.9. The second-order valence-electron chi connectivity index (χ2n) is 3.07. The Balaban J connectivity index is 3.18. The lowest BCUT2D eigenvalue weighted by Gasteiger charge is -2.06. The van der Waals surface area contributed by atoms with Gasteiger partial charge in [0.2, 0.25) is 10.0 Å². The zero-order chi connectivity index (χ0) is 10.3. The average molecular weight is 210 g/mol. The standard InChI is InChI=1S/C7H18N2O3S/c1-7(10)6-8-4-3-5-9-13(2,11)12/h7-10H,3-6H2,1-2H3/t7-/m1/s1. The zero-order valence-electron chi connectivity index (χ0n) is 8.08. The molecule has 0 saturated heterocycles. The van der Waals surface area contributed by atoms with Gasteiger partial charge < -0.3 is 10.4 Å². The van der Waals surface area contributed by atoms with Crippen LogP contribution < -0.4 is 10.0 Å². The fourth-order valence-electron chi connectivity index (χ4n) is 0.782. The molecule has 0 spiro atoms. The molecule has 1 atom stereocenters. The van der Waals surface area contributed by atoms with Crippen LogP contribution in [-0.2, 0) is 10.0 Å². The van der Waals surface area contributed by atoms with E-state index in [-0.39, 0.29) is 6.10 Å². The molecule has 0 aromatic rings. The summed E-state index contributed by atoms with van der Waals surface area (Å²) >= 11 is 0. The lowest BCUT2D eigenvalue weighted by molar-refractivity contribution is 0.191. The normalized spacial score (nSPS) is 14.4. The van der Waals surface area contributed by atoms with Crippen molar-refractivity contribution in [1.82, 2.24) is 10.0 Å². The summed E-state index contributed by atoms with van der Waals surface area (Å²) in [5.41, 5.74) is 0. The predicted octanol–water partition coefficient (Wildman–Crippen LogP) is -1.10. The molecule has 0 amide bonds. The van der Waals surface area contributed by atoms with E-state index < -0.39 is 10.0 Å².